The lowest BCUT2D eigenvalue weighted by Gasteiger charge is -2.05. The Morgan fingerprint density at radius 3 is 2.50 bits per heavy atom. The van der Waals surface area contributed by atoms with Gasteiger partial charge >= 0.3 is 0 Å². The summed E-state index contributed by atoms with van der Waals surface area (Å²) in [5.41, 5.74) is 0.688. The number of hydrogen-bond donors (Lipinski definition) is 1. The molecule has 2 aromatic carbocycles. The van der Waals surface area contributed by atoms with E-state index in [-0.39, 0.29) is 11.1 Å². The predicted octanol–water partition coefficient (Wildman–Crippen LogP) is 2.95. The topological polar surface area (TPSA) is 52.9 Å². The Hall–Kier alpha value is -2.67. The number of hydrogen-bond acceptors (Lipinski definition) is 2. The Morgan fingerprint density at radius 1 is 1.17 bits per heavy atom. The van der Waals surface area contributed by atoms with Crippen LogP contribution in [0.15, 0.2) is 48.5 Å². The highest BCUT2D eigenvalue weighted by Gasteiger charge is 2.12. The van der Waals surface area contributed by atoms with Gasteiger partial charge in [0.1, 0.15) is 5.82 Å². The van der Waals surface area contributed by atoms with Gasteiger partial charge in [0.05, 0.1) is 17.2 Å². The molecule has 0 aliphatic carbocycles. The van der Waals surface area contributed by atoms with Gasteiger partial charge in [-0.05, 0) is 30.3 Å². The van der Waals surface area contributed by atoms with Gasteiger partial charge in [-0.25, -0.2) is 4.39 Å². The van der Waals surface area contributed by atoms with Crippen molar-refractivity contribution in [3.63, 3.8) is 0 Å². The van der Waals surface area contributed by atoms with Crippen LogP contribution in [-0.2, 0) is 0 Å². The molecule has 0 saturated heterocycles. The van der Waals surface area contributed by atoms with Crippen molar-refractivity contribution < 1.29 is 9.18 Å². The lowest BCUT2D eigenvalue weighted by Crippen LogP contribution is -2.13. The van der Waals surface area contributed by atoms with Crippen molar-refractivity contribution in [3.8, 4) is 6.07 Å². The van der Waals surface area contributed by atoms with Crippen LogP contribution in [0.3, 0.4) is 0 Å². The summed E-state index contributed by atoms with van der Waals surface area (Å²) in [5, 5.41) is 11.2. The third kappa shape index (κ3) is 2.53. The third-order valence-electron chi connectivity index (χ3n) is 2.37. The van der Waals surface area contributed by atoms with Crippen molar-refractivity contribution in [2.45, 2.75) is 0 Å². The number of nitrogens with zero attached hydrogens (tertiary/aromatic N) is 1. The summed E-state index contributed by atoms with van der Waals surface area (Å²) in [6, 6.07) is 14.3. The fourth-order valence-corrected chi connectivity index (χ4v) is 1.49. The Morgan fingerprint density at radius 2 is 1.89 bits per heavy atom. The SMILES string of the molecule is N#Cc1ccc(C(=O)Nc2ccccc2)c(F)c1. The highest BCUT2D eigenvalue weighted by molar-refractivity contribution is 6.04. The second-order valence-corrected chi connectivity index (χ2v) is 3.63. The minimum atomic E-state index is -0.706. The van der Waals surface area contributed by atoms with Crippen LogP contribution >= 0.6 is 0 Å². The van der Waals surface area contributed by atoms with Gasteiger partial charge in [-0.2, -0.15) is 5.26 Å². The number of amides is 1. The molecule has 88 valence electrons. The molecule has 0 fully saturated rings. The van der Waals surface area contributed by atoms with Gasteiger partial charge in [0.15, 0.2) is 0 Å². The first-order valence-corrected chi connectivity index (χ1v) is 5.27. The summed E-state index contributed by atoms with van der Waals surface area (Å²) >= 11 is 0. The fraction of sp³-hybridized carbons (Fsp3) is 0. The molecule has 2 rings (SSSR count). The van der Waals surface area contributed by atoms with E-state index in [0.717, 1.165) is 6.07 Å². The van der Waals surface area contributed by atoms with Gasteiger partial charge in [0, 0.05) is 5.69 Å². The number of anilines is 1. The summed E-state index contributed by atoms with van der Waals surface area (Å²) in [7, 11) is 0. The molecule has 2 aromatic rings. The smallest absolute Gasteiger partial charge is 0.258 e. The largest absolute Gasteiger partial charge is 0.322 e. The van der Waals surface area contributed by atoms with E-state index in [9.17, 15) is 9.18 Å². The molecule has 4 heteroatoms. The summed E-state index contributed by atoms with van der Waals surface area (Å²) in [4.78, 5) is 11.8. The molecule has 1 amide bonds. The van der Waals surface area contributed by atoms with E-state index in [1.807, 2.05) is 12.1 Å². The second kappa shape index (κ2) is 5.11. The van der Waals surface area contributed by atoms with Gasteiger partial charge < -0.3 is 5.32 Å². The quantitative estimate of drug-likeness (QED) is 0.877. The van der Waals surface area contributed by atoms with E-state index < -0.39 is 11.7 Å². The molecule has 18 heavy (non-hydrogen) atoms. The van der Waals surface area contributed by atoms with Crippen LogP contribution in [0.2, 0.25) is 0 Å². The zero-order valence-corrected chi connectivity index (χ0v) is 9.35. The van der Waals surface area contributed by atoms with E-state index in [1.54, 1.807) is 24.3 Å². The number of para-hydroxylation sites is 1. The molecule has 0 saturated carbocycles. The van der Waals surface area contributed by atoms with Crippen LogP contribution in [0, 0.1) is 17.1 Å². The number of benzene rings is 2. The van der Waals surface area contributed by atoms with Gasteiger partial charge in [0.25, 0.3) is 5.91 Å². The van der Waals surface area contributed by atoms with Crippen LogP contribution in [0.4, 0.5) is 10.1 Å². The zero-order valence-electron chi connectivity index (χ0n) is 9.35. The molecule has 0 spiro atoms. The van der Waals surface area contributed by atoms with Crippen molar-refractivity contribution in [2.24, 2.45) is 0 Å². The summed E-state index contributed by atoms with van der Waals surface area (Å²) in [6.45, 7) is 0. The molecule has 0 atom stereocenters. The molecule has 0 heterocycles. The van der Waals surface area contributed by atoms with E-state index in [4.69, 9.17) is 5.26 Å². The standard InChI is InChI=1S/C14H9FN2O/c15-13-8-10(9-16)6-7-12(13)14(18)17-11-4-2-1-3-5-11/h1-8H,(H,17,18). The highest BCUT2D eigenvalue weighted by atomic mass is 19.1. The number of carbonyl (C=O) groups is 1. The molecule has 0 aliphatic rings. The van der Waals surface area contributed by atoms with E-state index in [2.05, 4.69) is 5.32 Å². The molecular weight excluding hydrogens is 231 g/mol. The van der Waals surface area contributed by atoms with Gasteiger partial charge in [-0.3, -0.25) is 4.79 Å². The van der Waals surface area contributed by atoms with E-state index >= 15 is 0 Å². The van der Waals surface area contributed by atoms with Crippen LogP contribution in [-0.4, -0.2) is 5.91 Å². The molecule has 0 aromatic heterocycles. The maximum absolute atomic E-state index is 13.6. The Labute approximate surface area is 103 Å². The summed E-state index contributed by atoms with van der Waals surface area (Å²) in [5.74, 6) is -1.24. The average Bonchev–Trinajstić information content (AvgIpc) is 2.39. The lowest BCUT2D eigenvalue weighted by molar-refractivity contribution is 0.102. The maximum Gasteiger partial charge on any atom is 0.258 e. The van der Waals surface area contributed by atoms with E-state index in [0.29, 0.717) is 5.69 Å². The number of halogens is 1. The number of rotatable bonds is 2. The first-order valence-electron chi connectivity index (χ1n) is 5.27. The monoisotopic (exact) mass is 240 g/mol. The normalized spacial score (nSPS) is 9.56. The molecule has 3 nitrogen and oxygen atoms in total. The molecular formula is C14H9FN2O. The van der Waals surface area contributed by atoms with Crippen molar-refractivity contribution in [1.29, 1.82) is 5.26 Å². The van der Waals surface area contributed by atoms with Crippen LogP contribution in [0.5, 0.6) is 0 Å². The zero-order chi connectivity index (χ0) is 13.0. The lowest BCUT2D eigenvalue weighted by atomic mass is 10.1. The number of nitrogens with one attached hydrogen (secondary N) is 1. The molecule has 1 N–H and O–H groups in total. The number of carbonyl (C=O) groups excluding carboxylic acids is 1. The fourth-order valence-electron chi connectivity index (χ4n) is 1.49. The number of nitriles is 1. The molecule has 0 bridgehead atoms. The van der Waals surface area contributed by atoms with Crippen molar-refractivity contribution in [1.82, 2.24) is 0 Å². The molecule has 0 unspecified atom stereocenters. The molecule has 0 aliphatic heterocycles. The van der Waals surface area contributed by atoms with Crippen LogP contribution in [0.25, 0.3) is 0 Å². The van der Waals surface area contributed by atoms with Crippen molar-refractivity contribution in [3.05, 3.63) is 65.5 Å². The van der Waals surface area contributed by atoms with Crippen LogP contribution in [0.1, 0.15) is 15.9 Å². The van der Waals surface area contributed by atoms with Gasteiger partial charge in [-0.15, -0.1) is 0 Å². The summed E-state index contributed by atoms with van der Waals surface area (Å²) < 4.78 is 13.6. The first kappa shape index (κ1) is 11.8. The minimum Gasteiger partial charge on any atom is -0.322 e. The third-order valence-corrected chi connectivity index (χ3v) is 2.37. The van der Waals surface area contributed by atoms with E-state index in [1.165, 1.54) is 12.1 Å². The first-order chi connectivity index (χ1) is 8.70. The predicted molar refractivity (Wildman–Crippen MR) is 65.5 cm³/mol. The van der Waals surface area contributed by atoms with Gasteiger partial charge in [0.2, 0.25) is 0 Å². The summed E-state index contributed by atoms with van der Waals surface area (Å²) in [6.07, 6.45) is 0. The van der Waals surface area contributed by atoms with Crippen molar-refractivity contribution >= 4 is 11.6 Å². The Balaban J connectivity index is 2.22. The Kier molecular flexibility index (Phi) is 3.35. The van der Waals surface area contributed by atoms with Crippen LogP contribution < -0.4 is 5.32 Å². The Bertz CT molecular complexity index is 617. The highest BCUT2D eigenvalue weighted by Crippen LogP contribution is 2.13. The maximum atomic E-state index is 13.6. The average molecular weight is 240 g/mol. The van der Waals surface area contributed by atoms with Crippen molar-refractivity contribution in [2.75, 3.05) is 5.32 Å². The minimum absolute atomic E-state index is 0.0853. The molecule has 0 radical (unpaired) electrons. The second-order valence-electron chi connectivity index (χ2n) is 3.63. The van der Waals surface area contributed by atoms with Gasteiger partial charge in [-0.1, -0.05) is 18.2 Å².